The molecule has 64 heavy (non-hydrogen) atoms. The fourth-order valence-corrected chi connectivity index (χ4v) is 11.7. The Bertz CT molecular complexity index is 2980. The van der Waals surface area contributed by atoms with Gasteiger partial charge < -0.3 is 4.90 Å². The van der Waals surface area contributed by atoms with E-state index in [4.69, 9.17) is 0 Å². The number of benzene rings is 8. The lowest BCUT2D eigenvalue weighted by Gasteiger charge is -2.36. The van der Waals surface area contributed by atoms with Gasteiger partial charge in [-0.1, -0.05) is 197 Å². The standard InChI is InChI=1S/C63H57N/c1-3-45-18-14-22-48-21-8-9-27-56(48)62-55(44(2)40-45)29-17-30-57(62)51-24-16-26-54(42-51)64(52-35-32-47(33-36-52)46-19-6-4-7-20-46)53-25-15-23-49(41-53)50-34-37-59-58-28-10-11-31-60(58)63(61(59)43-50)38-12-5-13-39-63/h4,6-11,14-17,19-37,41-45H,3,5,12-13,18,38-40H2,1-2H3/b22-14+/t44-,45+/m0/s1. The van der Waals surface area contributed by atoms with Crippen molar-refractivity contribution >= 4 is 23.1 Å². The van der Waals surface area contributed by atoms with Crippen molar-refractivity contribution in [1.29, 1.82) is 0 Å². The number of hydrogen-bond donors (Lipinski definition) is 0. The molecule has 0 heterocycles. The lowest BCUT2D eigenvalue weighted by molar-refractivity contribution is 0.353. The van der Waals surface area contributed by atoms with Crippen LogP contribution >= 0.6 is 0 Å². The van der Waals surface area contributed by atoms with Crippen molar-refractivity contribution in [3.63, 3.8) is 0 Å². The van der Waals surface area contributed by atoms with Gasteiger partial charge in [0.05, 0.1) is 0 Å². The van der Waals surface area contributed by atoms with Gasteiger partial charge in [0.15, 0.2) is 0 Å². The fraction of sp³-hybridized carbons (Fsp3) is 0.206. The molecular formula is C63H57N. The number of rotatable bonds is 7. The summed E-state index contributed by atoms with van der Waals surface area (Å²) >= 11 is 0. The molecule has 0 aliphatic heterocycles. The van der Waals surface area contributed by atoms with Crippen LogP contribution in [-0.2, 0) is 5.41 Å². The molecule has 1 fully saturated rings. The van der Waals surface area contributed by atoms with Crippen LogP contribution in [0.4, 0.5) is 17.1 Å². The second-order valence-electron chi connectivity index (χ2n) is 18.7. The summed E-state index contributed by atoms with van der Waals surface area (Å²) in [6.07, 6.45) is 14.7. The zero-order valence-corrected chi connectivity index (χ0v) is 37.3. The van der Waals surface area contributed by atoms with Gasteiger partial charge in [-0.25, -0.2) is 0 Å². The monoisotopic (exact) mass is 827 g/mol. The molecule has 1 saturated carbocycles. The Kier molecular flexibility index (Phi) is 10.7. The lowest BCUT2D eigenvalue weighted by atomic mass is 9.67. The number of allylic oxidation sites excluding steroid dienone is 1. The highest BCUT2D eigenvalue weighted by molar-refractivity contribution is 5.92. The first-order chi connectivity index (χ1) is 31.6. The van der Waals surface area contributed by atoms with Crippen LogP contribution in [0.5, 0.6) is 0 Å². The molecule has 0 aromatic heterocycles. The molecule has 0 N–H and O–H groups in total. The minimum atomic E-state index is 0.115. The van der Waals surface area contributed by atoms with Gasteiger partial charge in [-0.2, -0.15) is 0 Å². The molecule has 1 heteroatoms. The Labute approximate surface area is 380 Å². The van der Waals surface area contributed by atoms with Crippen molar-refractivity contribution < 1.29 is 0 Å². The Hall–Kier alpha value is -6.70. The highest BCUT2D eigenvalue weighted by Gasteiger charge is 2.43. The molecule has 0 radical (unpaired) electrons. The zero-order valence-electron chi connectivity index (χ0n) is 37.3. The molecule has 0 saturated heterocycles. The molecule has 3 aliphatic carbocycles. The summed E-state index contributed by atoms with van der Waals surface area (Å²) in [4.78, 5) is 2.46. The molecule has 2 atom stereocenters. The molecule has 11 rings (SSSR count). The van der Waals surface area contributed by atoms with E-state index in [0.717, 1.165) is 23.5 Å². The molecule has 1 nitrogen and oxygen atoms in total. The first kappa shape index (κ1) is 40.1. The molecule has 0 bridgehead atoms. The van der Waals surface area contributed by atoms with Gasteiger partial charge in [0, 0.05) is 22.5 Å². The Balaban J connectivity index is 1.05. The summed E-state index contributed by atoms with van der Waals surface area (Å²) in [6, 6.07) is 70.9. The second kappa shape index (κ2) is 17.1. The third kappa shape index (κ3) is 7.22. The van der Waals surface area contributed by atoms with Crippen molar-refractivity contribution in [2.24, 2.45) is 5.92 Å². The van der Waals surface area contributed by atoms with Gasteiger partial charge in [-0.3, -0.25) is 0 Å². The van der Waals surface area contributed by atoms with E-state index in [-0.39, 0.29) is 5.41 Å². The molecule has 0 unspecified atom stereocenters. The van der Waals surface area contributed by atoms with E-state index in [1.54, 1.807) is 0 Å². The number of nitrogens with zero attached hydrogens (tertiary/aromatic N) is 1. The highest BCUT2D eigenvalue weighted by atomic mass is 15.1. The third-order valence-corrected chi connectivity index (χ3v) is 14.9. The van der Waals surface area contributed by atoms with Crippen LogP contribution in [0.1, 0.15) is 93.4 Å². The van der Waals surface area contributed by atoms with E-state index in [1.165, 1.54) is 123 Å². The van der Waals surface area contributed by atoms with Crippen LogP contribution in [0.2, 0.25) is 0 Å². The Morgan fingerprint density at radius 1 is 0.484 bits per heavy atom. The quantitative estimate of drug-likeness (QED) is 0.155. The van der Waals surface area contributed by atoms with Crippen molar-refractivity contribution in [2.75, 3.05) is 4.90 Å². The normalized spacial score (nSPS) is 17.7. The first-order valence-electron chi connectivity index (χ1n) is 23.9. The molecule has 3 aliphatic rings. The average Bonchev–Trinajstić information content (AvgIpc) is 3.62. The summed E-state index contributed by atoms with van der Waals surface area (Å²) in [7, 11) is 0. The maximum atomic E-state index is 2.55. The number of anilines is 3. The van der Waals surface area contributed by atoms with Gasteiger partial charge in [0.25, 0.3) is 0 Å². The van der Waals surface area contributed by atoms with Crippen molar-refractivity contribution in [1.82, 2.24) is 0 Å². The van der Waals surface area contributed by atoms with Gasteiger partial charge in [-0.15, -0.1) is 0 Å². The number of fused-ring (bicyclic) bond motifs is 8. The number of hydrogen-bond acceptors (Lipinski definition) is 1. The minimum absolute atomic E-state index is 0.115. The molecular weight excluding hydrogens is 771 g/mol. The maximum Gasteiger partial charge on any atom is 0.0467 e. The predicted octanol–water partition coefficient (Wildman–Crippen LogP) is 18.0. The summed E-state index contributed by atoms with van der Waals surface area (Å²) < 4.78 is 0. The van der Waals surface area contributed by atoms with Crippen LogP contribution in [0, 0.1) is 5.92 Å². The minimum Gasteiger partial charge on any atom is -0.310 e. The van der Waals surface area contributed by atoms with Crippen LogP contribution in [-0.4, -0.2) is 0 Å². The molecule has 8 aromatic rings. The third-order valence-electron chi connectivity index (χ3n) is 14.9. The van der Waals surface area contributed by atoms with Crippen LogP contribution < -0.4 is 4.90 Å². The van der Waals surface area contributed by atoms with Crippen LogP contribution in [0.25, 0.3) is 61.7 Å². The molecule has 0 amide bonds. The van der Waals surface area contributed by atoms with Gasteiger partial charge in [0.1, 0.15) is 0 Å². The summed E-state index contributed by atoms with van der Waals surface area (Å²) in [5.74, 6) is 1.10. The SMILES string of the molecule is CC[C@@H]1C/C=C/c2ccccc2-c2c(-c3cccc(N(c4ccc(-c5ccccc5)cc4)c4cccc(-c5ccc6c(c5)C5(CCCCC5)c5ccccc5-6)c4)c3)cccc2[C@@H](C)C1. The van der Waals surface area contributed by atoms with E-state index in [9.17, 15) is 0 Å². The summed E-state index contributed by atoms with van der Waals surface area (Å²) in [6.45, 7) is 4.79. The largest absolute Gasteiger partial charge is 0.310 e. The first-order valence-corrected chi connectivity index (χ1v) is 23.9. The Morgan fingerprint density at radius 2 is 1.09 bits per heavy atom. The van der Waals surface area contributed by atoms with Gasteiger partial charge in [0.2, 0.25) is 0 Å². The average molecular weight is 828 g/mol. The van der Waals surface area contributed by atoms with Crippen molar-refractivity contribution in [3.05, 3.63) is 216 Å². The molecule has 1 spiro atoms. The molecule has 8 aromatic carbocycles. The lowest BCUT2D eigenvalue weighted by Crippen LogP contribution is -2.28. The second-order valence-corrected chi connectivity index (χ2v) is 18.7. The maximum absolute atomic E-state index is 2.55. The van der Waals surface area contributed by atoms with E-state index < -0.39 is 0 Å². The van der Waals surface area contributed by atoms with Crippen molar-refractivity contribution in [2.45, 2.75) is 76.5 Å². The van der Waals surface area contributed by atoms with Crippen LogP contribution in [0.3, 0.4) is 0 Å². The van der Waals surface area contributed by atoms with E-state index >= 15 is 0 Å². The van der Waals surface area contributed by atoms with E-state index in [2.05, 4.69) is 219 Å². The predicted molar refractivity (Wildman–Crippen MR) is 273 cm³/mol. The summed E-state index contributed by atoms with van der Waals surface area (Å²) in [5.41, 5.74) is 22.3. The molecule has 314 valence electrons. The fourth-order valence-electron chi connectivity index (χ4n) is 11.7. The van der Waals surface area contributed by atoms with E-state index in [0.29, 0.717) is 11.8 Å². The van der Waals surface area contributed by atoms with Crippen LogP contribution in [0.15, 0.2) is 194 Å². The van der Waals surface area contributed by atoms with Gasteiger partial charge in [-0.05, 0) is 158 Å². The van der Waals surface area contributed by atoms with Crippen molar-refractivity contribution in [3.8, 4) is 55.6 Å². The van der Waals surface area contributed by atoms with Gasteiger partial charge >= 0.3 is 0 Å². The topological polar surface area (TPSA) is 3.24 Å². The Morgan fingerprint density at radius 3 is 1.89 bits per heavy atom. The van der Waals surface area contributed by atoms with E-state index in [1.807, 2.05) is 0 Å². The zero-order chi connectivity index (χ0) is 43.0. The summed E-state index contributed by atoms with van der Waals surface area (Å²) in [5, 5.41) is 0. The smallest absolute Gasteiger partial charge is 0.0467 e. The highest BCUT2D eigenvalue weighted by Crippen LogP contribution is 2.56.